The van der Waals surface area contributed by atoms with Crippen LogP contribution in [0.4, 0.5) is 0 Å². The van der Waals surface area contributed by atoms with Crippen LogP contribution in [0.1, 0.15) is 47.0 Å². The maximum absolute atomic E-state index is 12.1. The monoisotopic (exact) mass is 311 g/mol. The Morgan fingerprint density at radius 1 is 1.43 bits per heavy atom. The molecule has 0 radical (unpaired) electrons. The Morgan fingerprint density at radius 3 is 2.52 bits per heavy atom. The van der Waals surface area contributed by atoms with E-state index in [0.29, 0.717) is 6.10 Å². The molecular formula is C16H29NO3Si. The molecule has 2 heterocycles. The molecule has 1 N–H and O–H groups in total. The normalized spacial score (nSPS) is 40.3. The molecule has 2 saturated heterocycles. The molecule has 0 aromatic rings. The second kappa shape index (κ2) is 4.55. The van der Waals surface area contributed by atoms with E-state index in [9.17, 15) is 4.79 Å². The number of hydrogen-bond donors (Lipinski definition) is 1. The van der Waals surface area contributed by atoms with Gasteiger partial charge < -0.3 is 14.5 Å². The van der Waals surface area contributed by atoms with Crippen molar-refractivity contribution in [1.82, 2.24) is 5.32 Å². The van der Waals surface area contributed by atoms with Crippen LogP contribution in [-0.4, -0.2) is 38.1 Å². The molecule has 5 heteroatoms. The Kier molecular flexibility index (Phi) is 3.36. The first-order chi connectivity index (χ1) is 9.58. The molecule has 2 unspecified atom stereocenters. The molecule has 0 aromatic carbocycles. The first kappa shape index (κ1) is 15.5. The summed E-state index contributed by atoms with van der Waals surface area (Å²) < 4.78 is 12.4. The zero-order valence-electron chi connectivity index (χ0n) is 14.2. The predicted molar refractivity (Wildman–Crippen MR) is 84.6 cm³/mol. The van der Waals surface area contributed by atoms with Crippen molar-refractivity contribution < 1.29 is 14.0 Å². The van der Waals surface area contributed by atoms with Crippen LogP contribution in [-0.2, 0) is 14.0 Å². The molecule has 1 aliphatic carbocycles. The lowest BCUT2D eigenvalue weighted by atomic mass is 9.77. The number of amides is 1. The summed E-state index contributed by atoms with van der Waals surface area (Å²) >= 11 is 0. The molecule has 1 amide bonds. The fraction of sp³-hybridized carbons (Fsp3) is 0.938. The van der Waals surface area contributed by atoms with Crippen molar-refractivity contribution in [3.8, 4) is 0 Å². The number of carbonyl (C=O) groups is 1. The maximum Gasteiger partial charge on any atom is 0.228 e. The summed E-state index contributed by atoms with van der Waals surface area (Å²) in [7, 11) is -1.84. The van der Waals surface area contributed by atoms with E-state index in [-0.39, 0.29) is 34.6 Å². The van der Waals surface area contributed by atoms with Gasteiger partial charge in [0.2, 0.25) is 5.91 Å². The molecule has 4 nitrogen and oxygen atoms in total. The lowest BCUT2D eigenvalue weighted by Gasteiger charge is -2.47. The summed E-state index contributed by atoms with van der Waals surface area (Å²) in [6.45, 7) is 13.3. The van der Waals surface area contributed by atoms with Gasteiger partial charge in [-0.15, -0.1) is 0 Å². The van der Waals surface area contributed by atoms with E-state index in [4.69, 9.17) is 9.16 Å². The number of nitrogens with one attached hydrogen (secondary N) is 1. The molecule has 0 bridgehead atoms. The van der Waals surface area contributed by atoms with Crippen molar-refractivity contribution in [2.45, 2.75) is 88.9 Å². The smallest absolute Gasteiger partial charge is 0.228 e. The Labute approximate surface area is 129 Å². The molecule has 21 heavy (non-hydrogen) atoms. The van der Waals surface area contributed by atoms with Gasteiger partial charge in [0.05, 0.1) is 24.2 Å². The van der Waals surface area contributed by atoms with E-state index in [0.717, 1.165) is 12.8 Å². The molecule has 0 spiro atoms. The zero-order chi connectivity index (χ0) is 15.6. The number of hydrogen-bond acceptors (Lipinski definition) is 3. The van der Waals surface area contributed by atoms with Gasteiger partial charge in [0.15, 0.2) is 8.32 Å². The number of ether oxygens (including phenoxy) is 1. The Bertz CT molecular complexity index is 459. The molecule has 3 aliphatic rings. The minimum atomic E-state index is -1.84. The van der Waals surface area contributed by atoms with Crippen molar-refractivity contribution in [3.63, 3.8) is 0 Å². The zero-order valence-corrected chi connectivity index (χ0v) is 15.2. The highest BCUT2D eigenvalue weighted by Gasteiger charge is 2.70. The van der Waals surface area contributed by atoms with Gasteiger partial charge in [-0.25, -0.2) is 0 Å². The molecule has 0 aromatic heterocycles. The van der Waals surface area contributed by atoms with Gasteiger partial charge in [-0.2, -0.15) is 0 Å². The van der Waals surface area contributed by atoms with Crippen molar-refractivity contribution in [2.24, 2.45) is 5.92 Å². The number of carbonyl (C=O) groups excluding carboxylic acids is 1. The first-order valence-corrected chi connectivity index (χ1v) is 11.2. The molecule has 120 valence electrons. The third kappa shape index (κ3) is 2.28. The van der Waals surface area contributed by atoms with Gasteiger partial charge in [0.25, 0.3) is 0 Å². The lowest BCUT2D eigenvalue weighted by molar-refractivity contribution is -0.143. The van der Waals surface area contributed by atoms with Crippen LogP contribution in [0.2, 0.25) is 18.1 Å². The van der Waals surface area contributed by atoms with Gasteiger partial charge in [-0.05, 0) is 44.3 Å². The standard InChI is InChI=1S/C16H29NO3Si/c1-10(20-21(5,6)15(2,3)4)12-13(17-14(12)18)16-9-7-8-11(16)19-16/h10-13H,7-9H2,1-6H3,(H,17,18)/t10-,11?,12-,13-,16?/m1/s1. The van der Waals surface area contributed by atoms with E-state index in [2.05, 4.69) is 46.1 Å². The van der Waals surface area contributed by atoms with Crippen LogP contribution in [0.5, 0.6) is 0 Å². The number of rotatable bonds is 4. The summed E-state index contributed by atoms with van der Waals surface area (Å²) in [5, 5.41) is 3.26. The quantitative estimate of drug-likeness (QED) is 0.493. The molecule has 2 aliphatic heterocycles. The average molecular weight is 311 g/mol. The van der Waals surface area contributed by atoms with Crippen LogP contribution in [0.15, 0.2) is 0 Å². The van der Waals surface area contributed by atoms with Crippen LogP contribution in [0.25, 0.3) is 0 Å². The van der Waals surface area contributed by atoms with E-state index in [1.54, 1.807) is 0 Å². The van der Waals surface area contributed by atoms with Crippen LogP contribution < -0.4 is 5.32 Å². The fourth-order valence-corrected chi connectivity index (χ4v) is 5.20. The lowest BCUT2D eigenvalue weighted by Crippen LogP contribution is -2.69. The Morgan fingerprint density at radius 2 is 2.10 bits per heavy atom. The largest absolute Gasteiger partial charge is 0.413 e. The molecule has 3 rings (SSSR count). The van der Waals surface area contributed by atoms with Crippen LogP contribution in [0, 0.1) is 5.92 Å². The number of fused-ring (bicyclic) bond motifs is 1. The third-order valence-electron chi connectivity index (χ3n) is 6.16. The van der Waals surface area contributed by atoms with E-state index in [1.165, 1.54) is 6.42 Å². The molecule has 5 atom stereocenters. The summed E-state index contributed by atoms with van der Waals surface area (Å²) in [6.07, 6.45) is 3.82. The van der Waals surface area contributed by atoms with Gasteiger partial charge in [-0.1, -0.05) is 20.8 Å². The molecular weight excluding hydrogens is 282 g/mol. The second-order valence-corrected chi connectivity index (χ2v) is 13.3. The van der Waals surface area contributed by atoms with Gasteiger partial charge in [0.1, 0.15) is 5.60 Å². The van der Waals surface area contributed by atoms with Crippen molar-refractivity contribution in [1.29, 1.82) is 0 Å². The van der Waals surface area contributed by atoms with Gasteiger partial charge >= 0.3 is 0 Å². The Balaban J connectivity index is 1.69. The maximum atomic E-state index is 12.1. The summed E-state index contributed by atoms with van der Waals surface area (Å²) in [5.74, 6) is 0.101. The summed E-state index contributed by atoms with van der Waals surface area (Å²) in [6, 6.07) is 0.164. The highest BCUT2D eigenvalue weighted by Crippen LogP contribution is 2.56. The topological polar surface area (TPSA) is 50.9 Å². The van der Waals surface area contributed by atoms with E-state index in [1.807, 2.05) is 0 Å². The third-order valence-corrected chi connectivity index (χ3v) is 10.7. The summed E-state index contributed by atoms with van der Waals surface area (Å²) in [5.41, 5.74) is -0.0520. The molecule has 3 fully saturated rings. The number of epoxide rings is 1. The van der Waals surface area contributed by atoms with Gasteiger partial charge in [0, 0.05) is 0 Å². The van der Waals surface area contributed by atoms with Crippen LogP contribution >= 0.6 is 0 Å². The summed E-state index contributed by atoms with van der Waals surface area (Å²) in [4.78, 5) is 12.1. The van der Waals surface area contributed by atoms with E-state index < -0.39 is 8.32 Å². The van der Waals surface area contributed by atoms with E-state index >= 15 is 0 Å². The van der Waals surface area contributed by atoms with Crippen molar-refractivity contribution in [2.75, 3.05) is 0 Å². The number of β-lactam (4-membered cyclic amide) rings is 1. The Hall–Kier alpha value is -0.393. The van der Waals surface area contributed by atoms with Crippen LogP contribution in [0.3, 0.4) is 0 Å². The highest BCUT2D eigenvalue weighted by atomic mass is 28.4. The van der Waals surface area contributed by atoms with Crippen molar-refractivity contribution in [3.05, 3.63) is 0 Å². The highest BCUT2D eigenvalue weighted by molar-refractivity contribution is 6.74. The SMILES string of the molecule is C[C@@H](O[Si](C)(C)C(C)(C)C)[C@H]1C(=O)N[C@H]1C12CCCC1O2. The minimum Gasteiger partial charge on any atom is -0.413 e. The van der Waals surface area contributed by atoms with Crippen molar-refractivity contribution >= 4 is 14.2 Å². The fourth-order valence-electron chi connectivity index (χ4n) is 3.77. The predicted octanol–water partition coefficient (Wildman–Crippen LogP) is 2.83. The molecule has 1 saturated carbocycles. The van der Waals surface area contributed by atoms with Gasteiger partial charge in [-0.3, -0.25) is 4.79 Å². The minimum absolute atomic E-state index is 0.0236. The second-order valence-electron chi connectivity index (χ2n) is 8.55. The average Bonchev–Trinajstić information content (AvgIpc) is 2.85. The first-order valence-electron chi connectivity index (χ1n) is 8.24.